The van der Waals surface area contributed by atoms with E-state index in [9.17, 15) is 0 Å². The second kappa shape index (κ2) is 3.05. The number of rotatable bonds is 0. The first kappa shape index (κ1) is 7.47. The van der Waals surface area contributed by atoms with Crippen LogP contribution < -0.4 is 5.32 Å². The molecular weight excluding hydrogens is 150 g/mol. The molecule has 0 aromatic carbocycles. The fraction of sp³-hybridized carbons (Fsp3) is 0.400. The molecule has 1 heterocycles. The van der Waals surface area contributed by atoms with Crippen LogP contribution in [-0.2, 0) is 4.74 Å². The van der Waals surface area contributed by atoms with E-state index in [4.69, 9.17) is 4.74 Å². The molecule has 0 radical (unpaired) electrons. The van der Waals surface area contributed by atoms with E-state index in [0.29, 0.717) is 0 Å². The van der Waals surface area contributed by atoms with Gasteiger partial charge in [0.15, 0.2) is 0 Å². The molecule has 1 aliphatic carbocycles. The van der Waals surface area contributed by atoms with Crippen LogP contribution in [0.1, 0.15) is 13.3 Å². The van der Waals surface area contributed by atoms with Gasteiger partial charge in [0.05, 0.1) is 12.2 Å². The largest absolute Gasteiger partial charge is 0.487 e. The lowest BCUT2D eigenvalue weighted by Gasteiger charge is -2.26. The molecule has 1 fully saturated rings. The van der Waals surface area contributed by atoms with Gasteiger partial charge in [0.25, 0.3) is 0 Å². The molecule has 1 atom stereocenters. The molecule has 12 heavy (non-hydrogen) atoms. The third kappa shape index (κ3) is 1.37. The van der Waals surface area contributed by atoms with Crippen molar-refractivity contribution >= 4 is 0 Å². The fourth-order valence-electron chi connectivity index (χ4n) is 1.38. The molecule has 1 saturated heterocycles. The quantitative estimate of drug-likeness (QED) is 0.587. The van der Waals surface area contributed by atoms with Crippen LogP contribution in [0.3, 0.4) is 0 Å². The summed E-state index contributed by atoms with van der Waals surface area (Å²) in [5.74, 6) is 0.975. The highest BCUT2D eigenvalue weighted by Gasteiger charge is 2.17. The number of ether oxygens (including phenoxy) is 1. The smallest absolute Gasteiger partial charge is 0.142 e. The van der Waals surface area contributed by atoms with Crippen LogP contribution in [0.25, 0.3) is 0 Å². The maximum absolute atomic E-state index is 5.65. The van der Waals surface area contributed by atoms with E-state index in [1.54, 1.807) is 0 Å². The first-order valence-corrected chi connectivity index (χ1v) is 4.34. The number of hydrogen-bond donors (Lipinski definition) is 1. The second-order valence-corrected chi connectivity index (χ2v) is 3.12. The Hall–Kier alpha value is -1.18. The Labute approximate surface area is 72.6 Å². The first-order valence-electron chi connectivity index (χ1n) is 4.34. The molecule has 1 unspecified atom stereocenters. The topological polar surface area (TPSA) is 21.3 Å². The zero-order valence-electron chi connectivity index (χ0n) is 7.21. The van der Waals surface area contributed by atoms with E-state index in [2.05, 4.69) is 24.4 Å². The number of nitrogens with one attached hydrogen (secondary N) is 1. The van der Waals surface area contributed by atoms with Crippen LogP contribution in [0.5, 0.6) is 0 Å². The van der Waals surface area contributed by atoms with Gasteiger partial charge in [0.2, 0.25) is 0 Å². The third-order valence-corrected chi connectivity index (χ3v) is 2.02. The van der Waals surface area contributed by atoms with Crippen LogP contribution in [-0.4, -0.2) is 12.6 Å². The van der Waals surface area contributed by atoms with Crippen molar-refractivity contribution in [1.29, 1.82) is 0 Å². The number of fused-ring (bicyclic) bond motifs is 1. The Bertz CT molecular complexity index is 263. The van der Waals surface area contributed by atoms with E-state index in [-0.39, 0.29) is 6.10 Å². The Morgan fingerprint density at radius 2 is 2.50 bits per heavy atom. The normalized spacial score (nSPS) is 27.2. The Morgan fingerprint density at radius 3 is 3.42 bits per heavy atom. The number of hydrogen-bond acceptors (Lipinski definition) is 2. The van der Waals surface area contributed by atoms with Gasteiger partial charge in [-0.2, -0.15) is 0 Å². The highest BCUT2D eigenvalue weighted by atomic mass is 16.5. The minimum atomic E-state index is 0.278. The molecule has 2 rings (SSSR count). The zero-order chi connectivity index (χ0) is 8.39. The van der Waals surface area contributed by atoms with Crippen LogP contribution in [0.4, 0.5) is 0 Å². The van der Waals surface area contributed by atoms with Gasteiger partial charge in [-0.25, -0.2) is 0 Å². The lowest BCUT2D eigenvalue weighted by Crippen LogP contribution is -2.33. The Kier molecular flexibility index (Phi) is 1.90. The van der Waals surface area contributed by atoms with Gasteiger partial charge < -0.3 is 10.1 Å². The summed E-state index contributed by atoms with van der Waals surface area (Å²) < 4.78 is 5.65. The van der Waals surface area contributed by atoms with Gasteiger partial charge >= 0.3 is 0 Å². The van der Waals surface area contributed by atoms with E-state index in [1.807, 2.05) is 12.2 Å². The highest BCUT2D eigenvalue weighted by molar-refractivity contribution is 5.32. The standard InChI is InChI=1S/C10H13NO/c1-8-7-11-9-5-3-2-4-6-10(9)12-8/h2,4-6,8,11H,3,7H2,1H3. The van der Waals surface area contributed by atoms with Crippen molar-refractivity contribution in [2.24, 2.45) is 0 Å². The predicted molar refractivity (Wildman–Crippen MR) is 48.5 cm³/mol. The number of morpholine rings is 1. The zero-order valence-corrected chi connectivity index (χ0v) is 7.21. The molecule has 64 valence electrons. The van der Waals surface area contributed by atoms with Crippen molar-refractivity contribution in [3.05, 3.63) is 35.8 Å². The summed E-state index contributed by atoms with van der Waals surface area (Å²) in [5.41, 5.74) is 1.14. The van der Waals surface area contributed by atoms with Crippen LogP contribution in [0.2, 0.25) is 0 Å². The lowest BCUT2D eigenvalue weighted by molar-refractivity contribution is 0.116. The summed E-state index contributed by atoms with van der Waals surface area (Å²) in [4.78, 5) is 0. The van der Waals surface area contributed by atoms with E-state index in [0.717, 1.165) is 24.4 Å². The lowest BCUT2D eigenvalue weighted by atomic mass is 10.2. The predicted octanol–water partition coefficient (Wildman–Crippen LogP) is 1.72. The molecule has 0 aromatic heterocycles. The SMILES string of the molecule is CC1CNC2=CCC=CC=C2O1. The average molecular weight is 163 g/mol. The molecule has 1 aliphatic heterocycles. The van der Waals surface area contributed by atoms with Gasteiger partial charge in [-0.05, 0) is 19.4 Å². The van der Waals surface area contributed by atoms with Gasteiger partial charge in [-0.1, -0.05) is 18.2 Å². The molecule has 0 spiro atoms. The second-order valence-electron chi connectivity index (χ2n) is 3.12. The molecule has 0 aromatic rings. The van der Waals surface area contributed by atoms with Crippen LogP contribution in [0.15, 0.2) is 35.8 Å². The first-order chi connectivity index (χ1) is 5.86. The fourth-order valence-corrected chi connectivity index (χ4v) is 1.38. The summed E-state index contributed by atoms with van der Waals surface area (Å²) in [6.45, 7) is 2.97. The van der Waals surface area contributed by atoms with Crippen molar-refractivity contribution in [1.82, 2.24) is 5.32 Å². The van der Waals surface area contributed by atoms with E-state index < -0.39 is 0 Å². The summed E-state index contributed by atoms with van der Waals surface area (Å²) in [6.07, 6.45) is 9.59. The average Bonchev–Trinajstić information content (AvgIpc) is 2.28. The van der Waals surface area contributed by atoms with Gasteiger partial charge in [0.1, 0.15) is 11.9 Å². The molecule has 2 nitrogen and oxygen atoms in total. The minimum Gasteiger partial charge on any atom is -0.487 e. The Morgan fingerprint density at radius 1 is 1.58 bits per heavy atom. The maximum Gasteiger partial charge on any atom is 0.142 e. The van der Waals surface area contributed by atoms with Crippen molar-refractivity contribution in [3.63, 3.8) is 0 Å². The van der Waals surface area contributed by atoms with Gasteiger partial charge in [0, 0.05) is 0 Å². The molecule has 2 aliphatic rings. The maximum atomic E-state index is 5.65. The summed E-state index contributed by atoms with van der Waals surface area (Å²) >= 11 is 0. The Balaban J connectivity index is 2.23. The molecular formula is C10H13NO. The van der Waals surface area contributed by atoms with Gasteiger partial charge in [-0.3, -0.25) is 0 Å². The van der Waals surface area contributed by atoms with Crippen LogP contribution in [0, 0.1) is 0 Å². The molecule has 2 heteroatoms. The molecule has 1 N–H and O–H groups in total. The number of allylic oxidation sites excluding steroid dienone is 4. The van der Waals surface area contributed by atoms with Crippen molar-refractivity contribution in [3.8, 4) is 0 Å². The summed E-state index contributed by atoms with van der Waals surface area (Å²) in [6, 6.07) is 0. The van der Waals surface area contributed by atoms with Crippen molar-refractivity contribution < 1.29 is 4.74 Å². The molecule has 0 bridgehead atoms. The van der Waals surface area contributed by atoms with Gasteiger partial charge in [-0.15, -0.1) is 0 Å². The summed E-state index contributed by atoms with van der Waals surface area (Å²) in [7, 11) is 0. The summed E-state index contributed by atoms with van der Waals surface area (Å²) in [5, 5.41) is 3.34. The van der Waals surface area contributed by atoms with Crippen molar-refractivity contribution in [2.75, 3.05) is 6.54 Å². The minimum absolute atomic E-state index is 0.278. The monoisotopic (exact) mass is 163 g/mol. The molecule has 0 amide bonds. The highest BCUT2D eigenvalue weighted by Crippen LogP contribution is 2.19. The van der Waals surface area contributed by atoms with E-state index >= 15 is 0 Å². The van der Waals surface area contributed by atoms with E-state index in [1.165, 1.54) is 0 Å². The van der Waals surface area contributed by atoms with Crippen molar-refractivity contribution in [2.45, 2.75) is 19.4 Å². The third-order valence-electron chi connectivity index (χ3n) is 2.02. The molecule has 0 saturated carbocycles. The van der Waals surface area contributed by atoms with Crippen LogP contribution >= 0.6 is 0 Å².